The highest BCUT2D eigenvalue weighted by Gasteiger charge is 2.08. The van der Waals surface area contributed by atoms with Gasteiger partial charge in [0.1, 0.15) is 16.8 Å². The van der Waals surface area contributed by atoms with Crippen LogP contribution in [0.15, 0.2) is 18.2 Å². The Morgan fingerprint density at radius 2 is 2.14 bits per heavy atom. The highest BCUT2D eigenvalue weighted by Crippen LogP contribution is 2.17. The van der Waals surface area contributed by atoms with Gasteiger partial charge in [0, 0.05) is 10.9 Å². The van der Waals surface area contributed by atoms with E-state index in [1.54, 1.807) is 19.9 Å². The molecule has 0 amide bonds. The van der Waals surface area contributed by atoms with E-state index in [2.05, 4.69) is 4.72 Å². The van der Waals surface area contributed by atoms with Crippen LogP contribution in [0.5, 0.6) is 0 Å². The van der Waals surface area contributed by atoms with Crippen LogP contribution in [0.4, 0.5) is 15.8 Å². The summed E-state index contributed by atoms with van der Waals surface area (Å²) in [4.78, 5) is 0. The van der Waals surface area contributed by atoms with Crippen LogP contribution < -0.4 is 10.5 Å². The highest BCUT2D eigenvalue weighted by atomic mass is 32.2. The molecule has 0 heterocycles. The van der Waals surface area contributed by atoms with Crippen LogP contribution in [0, 0.1) is 5.82 Å². The monoisotopic (exact) mass is 216 g/mol. The summed E-state index contributed by atoms with van der Waals surface area (Å²) in [7, 11) is -1.27. The third kappa shape index (κ3) is 2.70. The van der Waals surface area contributed by atoms with E-state index in [9.17, 15) is 8.60 Å². The van der Waals surface area contributed by atoms with E-state index in [1.807, 2.05) is 0 Å². The first kappa shape index (κ1) is 11.0. The van der Waals surface area contributed by atoms with Crippen molar-refractivity contribution in [2.24, 2.45) is 0 Å². The molecule has 0 bridgehead atoms. The summed E-state index contributed by atoms with van der Waals surface area (Å²) in [5.41, 5.74) is 5.94. The lowest BCUT2D eigenvalue weighted by Gasteiger charge is -2.09. The molecular formula is C9H13FN2OS. The fourth-order valence-corrected chi connectivity index (χ4v) is 1.46. The van der Waals surface area contributed by atoms with E-state index in [1.165, 1.54) is 12.1 Å². The Morgan fingerprint density at radius 3 is 2.64 bits per heavy atom. The third-order valence-electron chi connectivity index (χ3n) is 1.63. The first-order valence-electron chi connectivity index (χ1n) is 4.23. The smallest absolute Gasteiger partial charge is 0.149 e. The number of rotatable bonds is 3. The van der Waals surface area contributed by atoms with Gasteiger partial charge in [0.05, 0.1) is 5.69 Å². The zero-order valence-electron chi connectivity index (χ0n) is 8.08. The molecule has 14 heavy (non-hydrogen) atoms. The molecule has 1 aromatic rings. The molecule has 3 nitrogen and oxygen atoms in total. The standard InChI is InChI=1S/C9H13FN2OS/c1-6(2)14(13)12-9-4-3-7(11)5-8(9)10/h3-6,12H,11H2,1-2H3. The Labute approximate surface area is 85.1 Å². The zero-order valence-corrected chi connectivity index (χ0v) is 8.90. The molecule has 78 valence electrons. The highest BCUT2D eigenvalue weighted by molar-refractivity contribution is 7.86. The Balaban J connectivity index is 2.82. The van der Waals surface area contributed by atoms with Gasteiger partial charge >= 0.3 is 0 Å². The maximum Gasteiger partial charge on any atom is 0.149 e. The van der Waals surface area contributed by atoms with Crippen molar-refractivity contribution in [1.29, 1.82) is 0 Å². The summed E-state index contributed by atoms with van der Waals surface area (Å²) in [5.74, 6) is -0.487. The molecule has 1 aromatic carbocycles. The molecule has 0 saturated carbocycles. The van der Waals surface area contributed by atoms with Gasteiger partial charge in [-0.05, 0) is 32.0 Å². The van der Waals surface area contributed by atoms with Crippen molar-refractivity contribution in [3.63, 3.8) is 0 Å². The van der Waals surface area contributed by atoms with Crippen LogP contribution in [0.3, 0.4) is 0 Å². The summed E-state index contributed by atoms with van der Waals surface area (Å²) in [5, 5.41) is -0.0630. The normalized spacial score (nSPS) is 12.9. The van der Waals surface area contributed by atoms with Gasteiger partial charge in [-0.1, -0.05) is 0 Å². The molecule has 0 radical (unpaired) electrons. The van der Waals surface area contributed by atoms with E-state index < -0.39 is 16.8 Å². The van der Waals surface area contributed by atoms with Gasteiger partial charge in [-0.2, -0.15) is 0 Å². The largest absolute Gasteiger partial charge is 0.399 e. The average Bonchev–Trinajstić information content (AvgIpc) is 2.09. The molecule has 0 aliphatic carbocycles. The van der Waals surface area contributed by atoms with Crippen LogP contribution in [0.2, 0.25) is 0 Å². The van der Waals surface area contributed by atoms with Gasteiger partial charge in [-0.15, -0.1) is 0 Å². The first-order valence-corrected chi connectivity index (χ1v) is 5.44. The lowest BCUT2D eigenvalue weighted by molar-refractivity contribution is 0.632. The van der Waals surface area contributed by atoms with Crippen molar-refractivity contribution >= 4 is 22.4 Å². The topological polar surface area (TPSA) is 55.1 Å². The minimum Gasteiger partial charge on any atom is -0.399 e. The van der Waals surface area contributed by atoms with Crippen molar-refractivity contribution in [3.05, 3.63) is 24.0 Å². The SMILES string of the molecule is CC(C)S(=O)Nc1ccc(N)cc1F. The third-order valence-corrected chi connectivity index (χ3v) is 2.91. The quantitative estimate of drug-likeness (QED) is 0.758. The maximum absolute atomic E-state index is 13.2. The van der Waals surface area contributed by atoms with Gasteiger partial charge in [-0.3, -0.25) is 0 Å². The van der Waals surface area contributed by atoms with Gasteiger partial charge < -0.3 is 10.5 Å². The molecule has 0 saturated heterocycles. The van der Waals surface area contributed by atoms with Crippen molar-refractivity contribution < 1.29 is 8.60 Å². The second-order valence-corrected chi connectivity index (χ2v) is 4.93. The fourth-order valence-electron chi connectivity index (χ4n) is 0.840. The van der Waals surface area contributed by atoms with E-state index in [0.29, 0.717) is 5.69 Å². The molecule has 0 spiro atoms. The molecule has 3 N–H and O–H groups in total. The molecule has 0 fully saturated rings. The summed E-state index contributed by atoms with van der Waals surface area (Å²) in [6, 6.07) is 4.23. The van der Waals surface area contributed by atoms with Gasteiger partial charge in [0.2, 0.25) is 0 Å². The first-order chi connectivity index (χ1) is 6.50. The van der Waals surface area contributed by atoms with Crippen molar-refractivity contribution in [2.45, 2.75) is 19.1 Å². The molecule has 1 unspecified atom stereocenters. The Hall–Kier alpha value is -1.10. The van der Waals surface area contributed by atoms with Crippen LogP contribution >= 0.6 is 0 Å². The number of nitrogens with one attached hydrogen (secondary N) is 1. The molecule has 1 rings (SSSR count). The molecular weight excluding hydrogens is 203 g/mol. The number of nitrogens with two attached hydrogens (primary N) is 1. The van der Waals surface area contributed by atoms with Gasteiger partial charge in [0.25, 0.3) is 0 Å². The predicted octanol–water partition coefficient (Wildman–Crippen LogP) is 1.89. The van der Waals surface area contributed by atoms with E-state index >= 15 is 0 Å². The molecule has 1 atom stereocenters. The number of hydrogen-bond acceptors (Lipinski definition) is 2. The maximum atomic E-state index is 13.2. The van der Waals surface area contributed by atoms with Crippen molar-refractivity contribution in [2.75, 3.05) is 10.5 Å². The number of nitrogen functional groups attached to an aromatic ring is 1. The summed E-state index contributed by atoms with van der Waals surface area (Å²) in [6.45, 7) is 3.58. The van der Waals surface area contributed by atoms with E-state index in [-0.39, 0.29) is 10.9 Å². The second-order valence-electron chi connectivity index (χ2n) is 3.19. The Morgan fingerprint density at radius 1 is 1.50 bits per heavy atom. The molecule has 0 aromatic heterocycles. The number of benzene rings is 1. The van der Waals surface area contributed by atoms with E-state index in [4.69, 9.17) is 5.73 Å². The van der Waals surface area contributed by atoms with Gasteiger partial charge in [-0.25, -0.2) is 8.60 Å². The van der Waals surface area contributed by atoms with Crippen LogP contribution in [0.1, 0.15) is 13.8 Å². The molecule has 5 heteroatoms. The zero-order chi connectivity index (χ0) is 10.7. The van der Waals surface area contributed by atoms with Crippen molar-refractivity contribution in [3.8, 4) is 0 Å². The average molecular weight is 216 g/mol. The lowest BCUT2D eigenvalue weighted by atomic mass is 10.3. The van der Waals surface area contributed by atoms with Crippen LogP contribution in [-0.4, -0.2) is 9.46 Å². The second kappa shape index (κ2) is 4.41. The lowest BCUT2D eigenvalue weighted by Crippen LogP contribution is -2.15. The van der Waals surface area contributed by atoms with Crippen LogP contribution in [0.25, 0.3) is 0 Å². The summed E-state index contributed by atoms with van der Waals surface area (Å²) < 4.78 is 27.1. The van der Waals surface area contributed by atoms with Gasteiger partial charge in [0.15, 0.2) is 0 Å². The Bertz CT molecular complexity index is 355. The minimum atomic E-state index is -1.27. The molecule has 0 aliphatic heterocycles. The molecule has 0 aliphatic rings. The predicted molar refractivity (Wildman–Crippen MR) is 57.7 cm³/mol. The number of anilines is 2. The summed E-state index contributed by atoms with van der Waals surface area (Å²) >= 11 is 0. The van der Waals surface area contributed by atoms with Crippen LogP contribution in [-0.2, 0) is 11.0 Å². The Kier molecular flexibility index (Phi) is 3.46. The fraction of sp³-hybridized carbons (Fsp3) is 0.333. The minimum absolute atomic E-state index is 0.0630. The number of hydrogen-bond donors (Lipinski definition) is 2. The van der Waals surface area contributed by atoms with Crippen molar-refractivity contribution in [1.82, 2.24) is 0 Å². The summed E-state index contributed by atoms with van der Waals surface area (Å²) in [6.07, 6.45) is 0. The number of halogens is 1. The van der Waals surface area contributed by atoms with E-state index in [0.717, 1.165) is 0 Å².